The van der Waals surface area contributed by atoms with Gasteiger partial charge in [-0.1, -0.05) is 0 Å². The van der Waals surface area contributed by atoms with E-state index in [1.807, 2.05) is 9.80 Å². The summed E-state index contributed by atoms with van der Waals surface area (Å²) in [6, 6.07) is 2.61. The summed E-state index contributed by atoms with van der Waals surface area (Å²) in [5.74, 6) is -1.17. The molecule has 1 aromatic carbocycles. The van der Waals surface area contributed by atoms with Gasteiger partial charge in [-0.15, -0.1) is 0 Å². The fourth-order valence-electron chi connectivity index (χ4n) is 4.59. The number of fused-ring (bicyclic) bond motifs is 1. The van der Waals surface area contributed by atoms with E-state index in [1.165, 1.54) is 12.1 Å². The molecule has 0 atom stereocenters. The monoisotopic (exact) mass is 470 g/mol. The maximum absolute atomic E-state index is 13.7. The number of anilines is 2. The van der Waals surface area contributed by atoms with E-state index < -0.39 is 41.1 Å². The molecule has 0 radical (unpaired) electrons. The number of hydrogen-bond acceptors (Lipinski definition) is 7. The first-order chi connectivity index (χ1) is 15.5. The van der Waals surface area contributed by atoms with Gasteiger partial charge in [0, 0.05) is 44.1 Å². The van der Waals surface area contributed by atoms with E-state index in [0.29, 0.717) is 63.2 Å². The molecular weight excluding hydrogens is 445 g/mol. The Hall–Kier alpha value is -2.86. The number of benzene rings is 1. The molecule has 2 aromatic rings. The van der Waals surface area contributed by atoms with Crippen molar-refractivity contribution in [2.75, 3.05) is 36.0 Å². The summed E-state index contributed by atoms with van der Waals surface area (Å²) in [6.07, 6.45) is -4.32. The number of hydrogen-bond donors (Lipinski definition) is 2. The number of carbonyl (C=O) groups is 1. The van der Waals surface area contributed by atoms with E-state index in [4.69, 9.17) is 0 Å². The van der Waals surface area contributed by atoms with Gasteiger partial charge in [0.25, 0.3) is 5.52 Å². The third kappa shape index (κ3) is 4.24. The van der Waals surface area contributed by atoms with Gasteiger partial charge in [0.05, 0.1) is 28.0 Å². The van der Waals surface area contributed by atoms with Crippen molar-refractivity contribution in [3.63, 3.8) is 0 Å². The van der Waals surface area contributed by atoms with Gasteiger partial charge in [0.2, 0.25) is 11.5 Å². The van der Waals surface area contributed by atoms with Crippen molar-refractivity contribution in [2.24, 2.45) is 0 Å². The lowest BCUT2D eigenvalue weighted by Gasteiger charge is -2.38. The predicted octanol–water partition coefficient (Wildman–Crippen LogP) is 2.05. The molecule has 2 N–H and O–H groups in total. The number of alkyl halides is 3. The van der Waals surface area contributed by atoms with Gasteiger partial charge in [0.15, 0.2) is 0 Å². The van der Waals surface area contributed by atoms with Crippen molar-refractivity contribution in [2.45, 2.75) is 51.0 Å². The number of ketones is 1. The van der Waals surface area contributed by atoms with Crippen molar-refractivity contribution in [1.82, 2.24) is 4.73 Å². The third-order valence-electron chi connectivity index (χ3n) is 6.35. The minimum absolute atomic E-state index is 0.110. The zero-order valence-electron chi connectivity index (χ0n) is 18.0. The quantitative estimate of drug-likeness (QED) is 0.521. The standard InChI is InChI=1S/C21H25F3N4O5/c1-12(29)19-20(21(22,23)24)28(33)18-11-16(26-8-4-14(31)5-9-26)15(10-17(18)27(19)32)25-6-2-13(30)3-7-25/h10-11,13-14,30-31H,2-9H2,1H3. The molecule has 0 bridgehead atoms. The summed E-state index contributed by atoms with van der Waals surface area (Å²) in [6.45, 7) is 2.55. The van der Waals surface area contributed by atoms with Crippen molar-refractivity contribution < 1.29 is 32.6 Å². The van der Waals surface area contributed by atoms with Crippen LogP contribution >= 0.6 is 0 Å². The lowest BCUT2D eigenvalue weighted by molar-refractivity contribution is -0.470. The molecule has 0 saturated carbocycles. The maximum Gasteiger partial charge on any atom is 0.438 e. The average Bonchev–Trinajstić information content (AvgIpc) is 2.75. The van der Waals surface area contributed by atoms with Gasteiger partial charge in [0.1, 0.15) is 5.52 Å². The predicted molar refractivity (Wildman–Crippen MR) is 114 cm³/mol. The Morgan fingerprint density at radius 3 is 1.88 bits per heavy atom. The minimum Gasteiger partial charge on any atom is -0.805 e. The fraction of sp³-hybridized carbons (Fsp3) is 0.571. The molecule has 2 aliphatic rings. The van der Waals surface area contributed by atoms with Crippen molar-refractivity contribution >= 4 is 28.2 Å². The van der Waals surface area contributed by atoms with Gasteiger partial charge in [-0.25, -0.2) is 0 Å². The zero-order chi connectivity index (χ0) is 24.1. The second-order valence-corrected chi connectivity index (χ2v) is 8.61. The highest BCUT2D eigenvalue weighted by Crippen LogP contribution is 2.38. The van der Waals surface area contributed by atoms with Gasteiger partial charge in [-0.05, 0) is 31.7 Å². The lowest BCUT2D eigenvalue weighted by Crippen LogP contribution is -2.40. The van der Waals surface area contributed by atoms with Crippen molar-refractivity contribution in [3.8, 4) is 0 Å². The first kappa shape index (κ1) is 23.3. The van der Waals surface area contributed by atoms with Crippen LogP contribution in [0, 0.1) is 10.1 Å². The first-order valence-corrected chi connectivity index (χ1v) is 10.8. The molecule has 1 aromatic heterocycles. The minimum atomic E-state index is -5.21. The van der Waals surface area contributed by atoms with E-state index in [2.05, 4.69) is 0 Å². The molecule has 33 heavy (non-hydrogen) atoms. The number of aromatic nitrogens is 2. The number of halogens is 3. The average molecular weight is 470 g/mol. The lowest BCUT2D eigenvalue weighted by atomic mass is 10.0. The molecule has 0 aliphatic carbocycles. The molecule has 2 aliphatic heterocycles. The Bertz CT molecular complexity index is 1130. The number of aliphatic hydroxyl groups excluding tert-OH is 2. The van der Waals surface area contributed by atoms with Crippen LogP contribution in [0.1, 0.15) is 48.8 Å². The van der Waals surface area contributed by atoms with Crippen LogP contribution in [-0.4, -0.2) is 59.1 Å². The topological polar surface area (TPSA) is 115 Å². The van der Waals surface area contributed by atoms with Crippen LogP contribution in [0.3, 0.4) is 0 Å². The number of rotatable bonds is 3. The fourth-order valence-corrected chi connectivity index (χ4v) is 4.59. The van der Waals surface area contributed by atoms with Crippen LogP contribution in [0.5, 0.6) is 0 Å². The summed E-state index contributed by atoms with van der Waals surface area (Å²) in [7, 11) is 0. The summed E-state index contributed by atoms with van der Waals surface area (Å²) >= 11 is 0. The molecule has 0 unspecified atom stereocenters. The molecule has 180 valence electrons. The molecule has 0 spiro atoms. The molecule has 2 fully saturated rings. The zero-order valence-corrected chi connectivity index (χ0v) is 18.0. The number of aliphatic hydroxyl groups is 2. The van der Waals surface area contributed by atoms with E-state index in [-0.39, 0.29) is 14.7 Å². The number of carbonyl (C=O) groups excluding carboxylic acids is 1. The molecule has 2 saturated heterocycles. The largest absolute Gasteiger partial charge is 0.805 e. The van der Waals surface area contributed by atoms with Gasteiger partial charge < -0.3 is 30.0 Å². The van der Waals surface area contributed by atoms with Crippen LogP contribution in [0.15, 0.2) is 12.1 Å². The highest BCUT2D eigenvalue weighted by molar-refractivity contribution is 5.94. The Morgan fingerprint density at radius 1 is 1.00 bits per heavy atom. The van der Waals surface area contributed by atoms with E-state index in [9.17, 15) is 38.3 Å². The highest BCUT2D eigenvalue weighted by atomic mass is 19.4. The van der Waals surface area contributed by atoms with Crippen LogP contribution in [-0.2, 0) is 6.18 Å². The Balaban J connectivity index is 1.99. The highest BCUT2D eigenvalue weighted by Gasteiger charge is 2.44. The molecule has 9 nitrogen and oxygen atoms in total. The van der Waals surface area contributed by atoms with Crippen molar-refractivity contribution in [1.29, 1.82) is 0 Å². The van der Waals surface area contributed by atoms with Gasteiger partial charge in [-0.3, -0.25) is 4.79 Å². The molecule has 3 heterocycles. The summed E-state index contributed by atoms with van der Waals surface area (Å²) in [5, 5.41) is 32.6. The second-order valence-electron chi connectivity index (χ2n) is 8.61. The van der Waals surface area contributed by atoms with Crippen LogP contribution < -0.4 is 14.2 Å². The normalized spacial score (nSPS) is 18.8. The van der Waals surface area contributed by atoms with Gasteiger partial charge in [-0.2, -0.15) is 13.2 Å². The van der Waals surface area contributed by atoms with Crippen molar-refractivity contribution in [3.05, 3.63) is 33.6 Å². The first-order valence-electron chi connectivity index (χ1n) is 10.8. The Morgan fingerprint density at radius 2 is 1.45 bits per heavy atom. The van der Waals surface area contributed by atoms with Crippen LogP contribution in [0.4, 0.5) is 24.5 Å². The van der Waals surface area contributed by atoms with Gasteiger partial charge >= 0.3 is 11.9 Å². The molecule has 4 rings (SSSR count). The maximum atomic E-state index is 13.7. The number of piperidine rings is 2. The summed E-state index contributed by atoms with van der Waals surface area (Å²) in [4.78, 5) is 28.7. The van der Waals surface area contributed by atoms with Crippen LogP contribution in [0.2, 0.25) is 0 Å². The summed E-state index contributed by atoms with van der Waals surface area (Å²) < 4.78 is 40.6. The smallest absolute Gasteiger partial charge is 0.438 e. The second kappa shape index (κ2) is 8.49. The van der Waals surface area contributed by atoms with E-state index >= 15 is 0 Å². The van der Waals surface area contributed by atoms with Crippen LogP contribution in [0.25, 0.3) is 11.0 Å². The number of Topliss-reactive ketones (excluding diaryl/α,β-unsaturated/α-hetero) is 1. The SMILES string of the molecule is CC(=O)c1c(C(F)(F)F)n([O-])c2cc(N3CCC(O)CC3)c(N3CCC(O)CC3)cc2[n+]1=O. The Kier molecular flexibility index (Phi) is 5.99. The summed E-state index contributed by atoms with van der Waals surface area (Å²) in [5.41, 5.74) is -2.93. The number of nitrogens with zero attached hydrogens (tertiary/aromatic N) is 4. The molecule has 0 amide bonds. The molecular formula is C21H25F3N4O5. The Labute approximate surface area is 186 Å². The molecule has 12 heteroatoms. The van der Waals surface area contributed by atoms with E-state index in [1.54, 1.807) is 0 Å². The van der Waals surface area contributed by atoms with E-state index in [0.717, 1.165) is 6.92 Å². The third-order valence-corrected chi connectivity index (χ3v) is 6.35.